The van der Waals surface area contributed by atoms with E-state index in [2.05, 4.69) is 54.8 Å². The number of anilines is 3. The Bertz CT molecular complexity index is 2150. The number of hydrogen-bond donors (Lipinski definition) is 4. The highest BCUT2D eigenvalue weighted by atomic mass is 16.4. The van der Waals surface area contributed by atoms with Gasteiger partial charge in [0.25, 0.3) is 0 Å². The molecule has 238 valence electrons. The quantitative estimate of drug-likeness (QED) is 0.164. The van der Waals surface area contributed by atoms with Crippen LogP contribution in [0.15, 0.2) is 91.3 Å². The van der Waals surface area contributed by atoms with Gasteiger partial charge in [0.2, 0.25) is 5.82 Å². The number of carboxylic acid groups (broad SMARTS) is 1. The van der Waals surface area contributed by atoms with E-state index in [1.165, 1.54) is 5.56 Å². The maximum Gasteiger partial charge on any atom is 0.409 e. The zero-order chi connectivity index (χ0) is 33.0. The number of carbonyl (C=O) groups is 1. The Morgan fingerprint density at radius 2 is 1.79 bits per heavy atom. The van der Waals surface area contributed by atoms with Gasteiger partial charge in [-0.15, -0.1) is 0 Å². The fraction of sp³-hybridized carbons (Fsp3) is 0.171. The third-order valence-electron chi connectivity index (χ3n) is 8.29. The minimum absolute atomic E-state index is 0.164. The predicted molar refractivity (Wildman–Crippen MR) is 182 cm³/mol. The van der Waals surface area contributed by atoms with E-state index in [1.807, 2.05) is 41.0 Å². The Balaban J connectivity index is 1.14. The normalized spacial score (nSPS) is 13.6. The van der Waals surface area contributed by atoms with Crippen LogP contribution in [0.5, 0.6) is 0 Å². The van der Waals surface area contributed by atoms with Gasteiger partial charge in [0, 0.05) is 55.0 Å². The zero-order valence-corrected chi connectivity index (χ0v) is 25.8. The SMILES string of the molecule is N#Cc1nccc(NC2CCN(Cc3ccc(-n4c(-c5cccnc5N)nc5ccc(-c6cccc(NC(=O)O)c6)nc54)cc3)CC2)n1. The molecule has 0 unspecified atom stereocenters. The first kappa shape index (κ1) is 30.3. The molecule has 0 saturated carbocycles. The number of rotatable bonds is 8. The molecule has 5 N–H and O–H groups in total. The molecule has 0 bridgehead atoms. The Morgan fingerprint density at radius 3 is 2.56 bits per heavy atom. The standard InChI is InChI=1S/C35H31N11O2/c36-20-31-38-16-12-30(44-31)40-24-13-17-45(18-14-24)21-22-6-8-26(9-7-22)46-33(27-5-2-15-39-32(27)37)43-29-11-10-28(42-34(29)46)23-3-1-4-25(19-23)41-35(47)48/h1-12,15-16,19,24,41H,13-14,17-18,21H2,(H2,37,39)(H,47,48)(H,38,40,44). The van der Waals surface area contributed by atoms with Crippen LogP contribution in [0.1, 0.15) is 24.2 Å². The number of nitrogens with one attached hydrogen (secondary N) is 2. The van der Waals surface area contributed by atoms with Crippen molar-refractivity contribution in [1.82, 2.24) is 34.4 Å². The number of imidazole rings is 1. The number of nitrogens with two attached hydrogens (primary N) is 1. The summed E-state index contributed by atoms with van der Waals surface area (Å²) in [5.41, 5.74) is 12.3. The first-order valence-corrected chi connectivity index (χ1v) is 15.5. The van der Waals surface area contributed by atoms with Crippen LogP contribution in [0, 0.1) is 11.3 Å². The highest BCUT2D eigenvalue weighted by molar-refractivity contribution is 5.86. The molecule has 1 fully saturated rings. The molecule has 48 heavy (non-hydrogen) atoms. The number of benzene rings is 2. The second kappa shape index (κ2) is 13.1. The second-order valence-corrected chi connectivity index (χ2v) is 11.5. The first-order chi connectivity index (χ1) is 23.4. The number of fused-ring (bicyclic) bond motifs is 1. The molecule has 13 nitrogen and oxygen atoms in total. The molecule has 4 aromatic heterocycles. The van der Waals surface area contributed by atoms with Gasteiger partial charge in [0.1, 0.15) is 23.2 Å². The summed E-state index contributed by atoms with van der Waals surface area (Å²) in [7, 11) is 0. The molecule has 0 atom stereocenters. The summed E-state index contributed by atoms with van der Waals surface area (Å²) < 4.78 is 1.98. The summed E-state index contributed by atoms with van der Waals surface area (Å²) >= 11 is 0. The van der Waals surface area contributed by atoms with Gasteiger partial charge in [-0.25, -0.2) is 29.7 Å². The predicted octanol–water partition coefficient (Wildman–Crippen LogP) is 5.56. The molecule has 7 rings (SSSR count). The lowest BCUT2D eigenvalue weighted by Gasteiger charge is -2.32. The van der Waals surface area contributed by atoms with Gasteiger partial charge in [-0.3, -0.25) is 14.8 Å². The van der Waals surface area contributed by atoms with Gasteiger partial charge in [0.05, 0.1) is 11.3 Å². The van der Waals surface area contributed by atoms with Crippen LogP contribution in [0.4, 0.5) is 22.1 Å². The van der Waals surface area contributed by atoms with Crippen molar-refractivity contribution in [3.63, 3.8) is 0 Å². The van der Waals surface area contributed by atoms with Gasteiger partial charge >= 0.3 is 6.09 Å². The highest BCUT2D eigenvalue weighted by Gasteiger charge is 2.21. The number of amides is 1. The van der Waals surface area contributed by atoms with E-state index in [0.717, 1.165) is 43.7 Å². The maximum atomic E-state index is 11.2. The van der Waals surface area contributed by atoms with Crippen LogP contribution in [0.3, 0.4) is 0 Å². The summed E-state index contributed by atoms with van der Waals surface area (Å²) in [6.45, 7) is 2.68. The van der Waals surface area contributed by atoms with Gasteiger partial charge in [-0.2, -0.15) is 5.26 Å². The summed E-state index contributed by atoms with van der Waals surface area (Å²) in [4.78, 5) is 36.1. The van der Waals surface area contributed by atoms with Crippen molar-refractivity contribution in [2.45, 2.75) is 25.4 Å². The second-order valence-electron chi connectivity index (χ2n) is 11.5. The Hall–Kier alpha value is -6.39. The van der Waals surface area contributed by atoms with Crippen molar-refractivity contribution in [3.8, 4) is 34.4 Å². The molecule has 1 aliphatic rings. The minimum atomic E-state index is -1.13. The lowest BCUT2D eigenvalue weighted by atomic mass is 10.0. The number of piperidine rings is 1. The molecule has 6 aromatic rings. The van der Waals surface area contributed by atoms with E-state index in [0.29, 0.717) is 45.6 Å². The lowest BCUT2D eigenvalue weighted by molar-refractivity contribution is 0.209. The molecule has 1 saturated heterocycles. The lowest BCUT2D eigenvalue weighted by Crippen LogP contribution is -2.38. The van der Waals surface area contributed by atoms with E-state index >= 15 is 0 Å². The Morgan fingerprint density at radius 1 is 0.958 bits per heavy atom. The van der Waals surface area contributed by atoms with Crippen LogP contribution in [-0.4, -0.2) is 64.7 Å². The minimum Gasteiger partial charge on any atom is -0.465 e. The number of nitrogens with zero attached hydrogens (tertiary/aromatic N) is 8. The number of likely N-dealkylation sites (tertiary alicyclic amines) is 1. The topological polar surface area (TPSA) is 184 Å². The summed E-state index contributed by atoms with van der Waals surface area (Å²) in [6.07, 6.45) is 4.04. The smallest absolute Gasteiger partial charge is 0.409 e. The van der Waals surface area contributed by atoms with Crippen LogP contribution in [-0.2, 0) is 6.54 Å². The van der Waals surface area contributed by atoms with E-state index in [9.17, 15) is 9.90 Å². The fourth-order valence-corrected chi connectivity index (χ4v) is 5.98. The first-order valence-electron chi connectivity index (χ1n) is 15.5. The molecule has 2 aromatic carbocycles. The van der Waals surface area contributed by atoms with E-state index in [1.54, 1.807) is 36.7 Å². The van der Waals surface area contributed by atoms with Gasteiger partial charge in [-0.05, 0) is 73.0 Å². The van der Waals surface area contributed by atoms with Crippen LogP contribution >= 0.6 is 0 Å². The van der Waals surface area contributed by atoms with E-state index < -0.39 is 6.09 Å². The van der Waals surface area contributed by atoms with Crippen molar-refractivity contribution in [2.24, 2.45) is 0 Å². The summed E-state index contributed by atoms with van der Waals surface area (Å²) in [5, 5.41) is 24.1. The third kappa shape index (κ3) is 6.46. The molecular formula is C35H31N11O2. The van der Waals surface area contributed by atoms with Crippen molar-refractivity contribution < 1.29 is 9.90 Å². The van der Waals surface area contributed by atoms with Gasteiger partial charge in [-0.1, -0.05) is 24.3 Å². The van der Waals surface area contributed by atoms with Crippen molar-refractivity contribution in [1.29, 1.82) is 5.26 Å². The Labute approximate surface area is 275 Å². The van der Waals surface area contributed by atoms with Crippen molar-refractivity contribution in [3.05, 3.63) is 103 Å². The molecule has 1 aliphatic heterocycles. The molecule has 1 amide bonds. The highest BCUT2D eigenvalue weighted by Crippen LogP contribution is 2.32. The number of nitrogen functional groups attached to an aromatic ring is 1. The average molecular weight is 638 g/mol. The number of pyridine rings is 2. The maximum absolute atomic E-state index is 11.2. The van der Waals surface area contributed by atoms with Crippen molar-refractivity contribution >= 4 is 34.6 Å². The largest absolute Gasteiger partial charge is 0.465 e. The van der Waals surface area contributed by atoms with E-state index in [4.69, 9.17) is 21.0 Å². The monoisotopic (exact) mass is 637 g/mol. The number of nitriles is 1. The van der Waals surface area contributed by atoms with Crippen LogP contribution in [0.2, 0.25) is 0 Å². The number of aromatic nitrogens is 6. The Kier molecular flexibility index (Phi) is 8.29. The molecule has 13 heteroatoms. The molecule has 0 spiro atoms. The van der Waals surface area contributed by atoms with Crippen LogP contribution < -0.4 is 16.4 Å². The molecule has 0 radical (unpaired) electrons. The third-order valence-corrected chi connectivity index (χ3v) is 8.29. The van der Waals surface area contributed by atoms with E-state index in [-0.39, 0.29) is 11.9 Å². The summed E-state index contributed by atoms with van der Waals surface area (Å²) in [6, 6.07) is 27.0. The van der Waals surface area contributed by atoms with Gasteiger partial charge in [0.15, 0.2) is 11.5 Å². The molecular weight excluding hydrogens is 606 g/mol. The van der Waals surface area contributed by atoms with Crippen LogP contribution in [0.25, 0.3) is 39.5 Å². The number of hydrogen-bond acceptors (Lipinski definition) is 10. The zero-order valence-electron chi connectivity index (χ0n) is 25.8. The van der Waals surface area contributed by atoms with Crippen molar-refractivity contribution in [2.75, 3.05) is 29.5 Å². The fourth-order valence-electron chi connectivity index (χ4n) is 5.98. The molecule has 5 heterocycles. The van der Waals surface area contributed by atoms with Gasteiger partial charge < -0.3 is 16.2 Å². The average Bonchev–Trinajstić information content (AvgIpc) is 3.48. The molecule has 0 aliphatic carbocycles. The summed E-state index contributed by atoms with van der Waals surface area (Å²) in [5.74, 6) is 1.83.